The highest BCUT2D eigenvalue weighted by atomic mass is 32.1. The van der Waals surface area contributed by atoms with Crippen LogP contribution in [0.3, 0.4) is 0 Å². The van der Waals surface area contributed by atoms with Crippen LogP contribution in [0.15, 0.2) is 24.0 Å². The first-order chi connectivity index (χ1) is 27.9. The molecule has 5 heterocycles. The van der Waals surface area contributed by atoms with Crippen LogP contribution in [0.1, 0.15) is 99.4 Å². The number of methoxy groups -OCH3 is 1. The number of aromatic nitrogens is 3. The molecule has 0 radical (unpaired) electrons. The van der Waals surface area contributed by atoms with Gasteiger partial charge in [-0.3, -0.25) is 24.4 Å². The molecule has 328 valence electrons. The first-order valence-corrected chi connectivity index (χ1v) is 22.0. The Bertz CT molecular complexity index is 1770. The number of aryl methyl sites for hydroxylation is 1. The highest BCUT2D eigenvalue weighted by molar-refractivity contribution is 7.09. The number of amides is 1. The molecule has 1 amide bonds. The van der Waals surface area contributed by atoms with Crippen molar-refractivity contribution in [2.24, 2.45) is 23.7 Å². The third-order valence-corrected chi connectivity index (χ3v) is 13.9. The molecule has 15 nitrogen and oxygen atoms in total. The number of nitrogens with zero attached hydrogens (tertiary/aromatic N) is 5. The summed E-state index contributed by atoms with van der Waals surface area (Å²) in [5.41, 5.74) is -1.22. The molecule has 3 fully saturated rings. The van der Waals surface area contributed by atoms with Crippen LogP contribution in [0.25, 0.3) is 11.4 Å². The van der Waals surface area contributed by atoms with Crippen LogP contribution in [0.2, 0.25) is 0 Å². The summed E-state index contributed by atoms with van der Waals surface area (Å²) in [5.74, 6) is -4.96. The number of Topliss-reactive ketones (excluding diaryl/α,β-unsaturated/α-hetero) is 2. The summed E-state index contributed by atoms with van der Waals surface area (Å²) in [5, 5.41) is 14.5. The Morgan fingerprint density at radius 1 is 1.02 bits per heavy atom. The number of ether oxygens (including phenoxy) is 5. The second-order valence-electron chi connectivity index (χ2n) is 17.2. The molecule has 3 saturated heterocycles. The molecule has 3 aliphatic rings. The topological polar surface area (TPSA) is 180 Å². The van der Waals surface area contributed by atoms with Gasteiger partial charge in [-0.1, -0.05) is 34.6 Å². The summed E-state index contributed by atoms with van der Waals surface area (Å²) in [7, 11) is 3.43. The van der Waals surface area contributed by atoms with Crippen molar-refractivity contribution < 1.29 is 48.0 Å². The second kappa shape index (κ2) is 19.5. The molecule has 1 N–H and O–H groups in total. The lowest BCUT2D eigenvalue weighted by Gasteiger charge is -2.47. The Morgan fingerprint density at radius 2 is 1.75 bits per heavy atom. The molecule has 0 aliphatic carbocycles. The number of aliphatic hydroxyl groups is 1. The fraction of sp³-hybridized carbons (Fsp3) is 0.744. The van der Waals surface area contributed by atoms with Gasteiger partial charge in [-0.2, -0.15) is 0 Å². The molecule has 0 bridgehead atoms. The maximum absolute atomic E-state index is 14.7. The van der Waals surface area contributed by atoms with E-state index in [1.807, 2.05) is 45.0 Å². The van der Waals surface area contributed by atoms with Gasteiger partial charge in [0, 0.05) is 55.2 Å². The zero-order valence-electron chi connectivity index (χ0n) is 36.6. The summed E-state index contributed by atoms with van der Waals surface area (Å²) in [6.07, 6.45) is 2.86. The molecule has 2 aromatic heterocycles. The average molecular weight is 844 g/mol. The van der Waals surface area contributed by atoms with E-state index in [9.17, 15) is 24.3 Å². The Kier molecular flexibility index (Phi) is 15.4. The summed E-state index contributed by atoms with van der Waals surface area (Å²) < 4.78 is 31.3. The highest BCUT2D eigenvalue weighted by Gasteiger charge is 2.60. The summed E-state index contributed by atoms with van der Waals surface area (Å²) >= 11 is 1.54. The SMILES string of the molecule is CC[C@H]1OC(=O)[C@H](C)C(=O)[C@H](C)[C@@H](O[C@@H]2O[C@H](C)C[C@H](N(C)CC)[C@H]2O)[C@](C)(OC)C[C@@H](C)C(=O)[C@H](C)[C@@H]2N(CCCCc3nc(-c4cnccn4)cs3)C(=O)O[C@@]21C. The van der Waals surface area contributed by atoms with E-state index in [0.29, 0.717) is 44.5 Å². The van der Waals surface area contributed by atoms with Crippen molar-refractivity contribution in [1.29, 1.82) is 0 Å². The van der Waals surface area contributed by atoms with Gasteiger partial charge in [-0.25, -0.2) is 9.78 Å². The molecule has 59 heavy (non-hydrogen) atoms. The van der Waals surface area contributed by atoms with Gasteiger partial charge < -0.3 is 38.6 Å². The number of thiazole rings is 1. The minimum absolute atomic E-state index is 0.129. The van der Waals surface area contributed by atoms with Gasteiger partial charge in [0.1, 0.15) is 35.3 Å². The van der Waals surface area contributed by atoms with Gasteiger partial charge >= 0.3 is 12.1 Å². The number of unbranched alkanes of at least 4 members (excludes halogenated alkanes) is 1. The van der Waals surface area contributed by atoms with Gasteiger partial charge in [0.25, 0.3) is 0 Å². The molecule has 0 aromatic carbocycles. The second-order valence-corrected chi connectivity index (χ2v) is 18.1. The minimum atomic E-state index is -1.40. The van der Waals surface area contributed by atoms with E-state index in [1.54, 1.807) is 51.2 Å². The first kappa shape index (κ1) is 46.7. The molecular formula is C43H65N5O10S. The van der Waals surface area contributed by atoms with E-state index in [1.165, 1.54) is 25.4 Å². The molecule has 0 spiro atoms. The van der Waals surface area contributed by atoms with E-state index in [4.69, 9.17) is 28.7 Å². The van der Waals surface area contributed by atoms with Crippen LogP contribution in [0, 0.1) is 23.7 Å². The summed E-state index contributed by atoms with van der Waals surface area (Å²) in [6, 6.07) is -1.06. The molecular weight excluding hydrogens is 779 g/mol. The highest BCUT2D eigenvalue weighted by Crippen LogP contribution is 2.43. The molecule has 3 aliphatic heterocycles. The smallest absolute Gasteiger partial charge is 0.410 e. The number of cyclic esters (lactones) is 1. The van der Waals surface area contributed by atoms with E-state index in [-0.39, 0.29) is 30.8 Å². The Labute approximate surface area is 352 Å². The molecule has 0 saturated carbocycles. The normalized spacial score (nSPS) is 36.3. The van der Waals surface area contributed by atoms with Crippen LogP contribution >= 0.6 is 11.3 Å². The maximum atomic E-state index is 14.7. The van der Waals surface area contributed by atoms with Gasteiger partial charge in [0.05, 0.1) is 35.1 Å². The Balaban J connectivity index is 1.43. The largest absolute Gasteiger partial charge is 0.458 e. The lowest BCUT2D eigenvalue weighted by molar-refractivity contribution is -0.296. The molecule has 13 atom stereocenters. The maximum Gasteiger partial charge on any atom is 0.410 e. The first-order valence-electron chi connectivity index (χ1n) is 21.1. The van der Waals surface area contributed by atoms with Gasteiger partial charge in [0.2, 0.25) is 0 Å². The van der Waals surface area contributed by atoms with Crippen molar-refractivity contribution in [2.45, 2.75) is 155 Å². The number of ketones is 2. The standard InChI is InChI=1S/C43H65N5O10S/c1-12-32-43(9)37(48(41(53)58-43)19-15-14-16-33-46-30(23-59-33)29-22-44-17-18-45-29)26(5)34(49)24(3)21-42(8,54-11)38(27(6)35(50)28(7)39(52)56-32)57-40-36(51)31(47(10)13-2)20-25(4)55-40/h17-18,22-28,31-32,36-38,40,51H,12-16,19-21H2,1-11H3/t24-,25-,26+,27+,28-,31+,32-,36-,37+,38-,40+,42-,43-/m1/s1. The third-order valence-electron chi connectivity index (χ3n) is 13.0. The van der Waals surface area contributed by atoms with Crippen LogP contribution in [0.4, 0.5) is 4.79 Å². The average Bonchev–Trinajstić information content (AvgIpc) is 3.80. The number of aliphatic hydroxyl groups excluding tert-OH is 1. The van der Waals surface area contributed by atoms with Gasteiger partial charge in [-0.15, -0.1) is 11.3 Å². The third kappa shape index (κ3) is 9.88. The van der Waals surface area contributed by atoms with E-state index in [0.717, 1.165) is 10.7 Å². The molecule has 16 heteroatoms. The quantitative estimate of drug-likeness (QED) is 0.160. The van der Waals surface area contributed by atoms with Gasteiger partial charge in [0.15, 0.2) is 17.7 Å². The predicted octanol–water partition coefficient (Wildman–Crippen LogP) is 5.52. The van der Waals surface area contributed by atoms with Crippen molar-refractivity contribution >= 4 is 35.0 Å². The number of carbonyl (C=O) groups excluding carboxylic acids is 4. The van der Waals surface area contributed by atoms with Crippen molar-refractivity contribution in [3.05, 3.63) is 29.0 Å². The van der Waals surface area contributed by atoms with E-state index >= 15 is 0 Å². The van der Waals surface area contributed by atoms with Crippen LogP contribution in [0.5, 0.6) is 0 Å². The molecule has 2 aromatic rings. The lowest BCUT2D eigenvalue weighted by atomic mass is 9.73. The van der Waals surface area contributed by atoms with Crippen molar-refractivity contribution in [1.82, 2.24) is 24.8 Å². The van der Waals surface area contributed by atoms with Crippen molar-refractivity contribution in [3.63, 3.8) is 0 Å². The molecule has 5 rings (SSSR count). The lowest BCUT2D eigenvalue weighted by Crippen LogP contribution is -2.60. The fourth-order valence-corrected chi connectivity index (χ4v) is 10.2. The van der Waals surface area contributed by atoms with Crippen molar-refractivity contribution in [2.75, 3.05) is 27.2 Å². The zero-order valence-corrected chi connectivity index (χ0v) is 37.4. The monoisotopic (exact) mass is 843 g/mol. The number of likely N-dealkylation sites (N-methyl/N-ethyl adjacent to an activating group) is 1. The predicted molar refractivity (Wildman–Crippen MR) is 220 cm³/mol. The number of hydrogen-bond donors (Lipinski definition) is 1. The zero-order chi connectivity index (χ0) is 43.4. The molecule has 0 unspecified atom stereocenters. The minimum Gasteiger partial charge on any atom is -0.458 e. The van der Waals surface area contributed by atoms with Crippen LogP contribution < -0.4 is 0 Å². The van der Waals surface area contributed by atoms with Crippen LogP contribution in [-0.4, -0.2) is 135 Å². The van der Waals surface area contributed by atoms with E-state index in [2.05, 4.69) is 9.97 Å². The Morgan fingerprint density at radius 3 is 2.39 bits per heavy atom. The fourth-order valence-electron chi connectivity index (χ4n) is 9.40. The number of hydrogen-bond acceptors (Lipinski definition) is 15. The number of esters is 1. The van der Waals surface area contributed by atoms with Crippen molar-refractivity contribution in [3.8, 4) is 11.4 Å². The summed E-state index contributed by atoms with van der Waals surface area (Å²) in [6.45, 7) is 17.0. The number of carbonyl (C=O) groups is 4. The number of fused-ring (bicyclic) bond motifs is 1. The number of rotatable bonds is 12. The van der Waals surface area contributed by atoms with E-state index < -0.39 is 83.4 Å². The van der Waals surface area contributed by atoms with Crippen LogP contribution in [-0.2, 0) is 44.5 Å². The summed E-state index contributed by atoms with van der Waals surface area (Å²) in [4.78, 5) is 73.8. The Hall–Kier alpha value is -3.41. The van der Waals surface area contributed by atoms with Gasteiger partial charge in [-0.05, 0) is 79.8 Å².